The summed E-state index contributed by atoms with van der Waals surface area (Å²) < 4.78 is 0. The normalized spacial score (nSPS) is 15.2. The molecule has 1 fully saturated rings. The molecule has 0 aliphatic heterocycles. The fourth-order valence-corrected chi connectivity index (χ4v) is 6.13. The molecule has 0 radical (unpaired) electrons. The summed E-state index contributed by atoms with van der Waals surface area (Å²) >= 11 is 1.71. The van der Waals surface area contributed by atoms with Gasteiger partial charge in [-0.05, 0) is 79.1 Å². The van der Waals surface area contributed by atoms with Crippen molar-refractivity contribution in [3.8, 4) is 21.8 Å². The lowest BCUT2D eigenvalue weighted by Gasteiger charge is -2.11. The SMILES string of the molecule is C=C/C(=C\C(=C/C)c1ccc2[nH]nc(-c3cc4c(-c5cccs5)cncc4[nH]3)c2n1)CNCC1CCCC1. The average Bonchev–Trinajstić information content (AvgIpc) is 3.76. The molecule has 7 heteroatoms. The first-order chi connectivity index (χ1) is 18.7. The summed E-state index contributed by atoms with van der Waals surface area (Å²) in [6.07, 6.45) is 15.5. The number of aromatic amines is 2. The summed E-state index contributed by atoms with van der Waals surface area (Å²) in [4.78, 5) is 14.2. The summed E-state index contributed by atoms with van der Waals surface area (Å²) in [7, 11) is 0. The standard InChI is InChI=1S/C31H32N6S/c1-3-20(16-32-17-21-8-5-6-9-21)14-22(4-2)25-11-12-26-30(35-25)31(37-36-26)27-15-23-24(29-10-7-13-38-29)18-33-19-28(23)34-27/h3-4,7,10-15,18-19,21,32,34H,1,5-6,8-9,16-17H2,2H3,(H,36,37)/b20-14+,22-4+. The molecule has 5 heterocycles. The lowest BCUT2D eigenvalue weighted by Crippen LogP contribution is -2.23. The van der Waals surface area contributed by atoms with Crippen LogP contribution in [0.2, 0.25) is 0 Å². The number of aromatic nitrogens is 5. The summed E-state index contributed by atoms with van der Waals surface area (Å²) in [5.41, 5.74) is 8.71. The molecule has 38 heavy (non-hydrogen) atoms. The van der Waals surface area contributed by atoms with Gasteiger partial charge >= 0.3 is 0 Å². The van der Waals surface area contributed by atoms with Crippen molar-refractivity contribution in [1.29, 1.82) is 0 Å². The van der Waals surface area contributed by atoms with E-state index in [2.05, 4.69) is 80.8 Å². The van der Waals surface area contributed by atoms with Crippen molar-refractivity contribution in [3.05, 3.63) is 84.2 Å². The van der Waals surface area contributed by atoms with E-state index in [1.54, 1.807) is 11.3 Å². The summed E-state index contributed by atoms with van der Waals surface area (Å²) in [5.74, 6) is 0.813. The molecule has 3 N–H and O–H groups in total. The zero-order chi connectivity index (χ0) is 25.9. The third-order valence-electron chi connectivity index (χ3n) is 7.44. The summed E-state index contributed by atoms with van der Waals surface area (Å²) in [6.45, 7) is 8.00. The molecule has 1 aliphatic rings. The monoisotopic (exact) mass is 520 g/mol. The molecule has 192 valence electrons. The Morgan fingerprint density at radius 1 is 1.18 bits per heavy atom. The van der Waals surface area contributed by atoms with Crippen molar-refractivity contribution in [3.63, 3.8) is 0 Å². The van der Waals surface area contributed by atoms with Gasteiger partial charge in [-0.15, -0.1) is 11.3 Å². The van der Waals surface area contributed by atoms with Gasteiger partial charge in [-0.1, -0.05) is 37.6 Å². The van der Waals surface area contributed by atoms with Gasteiger partial charge in [0.25, 0.3) is 0 Å². The van der Waals surface area contributed by atoms with Crippen LogP contribution in [0.15, 0.2) is 78.5 Å². The van der Waals surface area contributed by atoms with E-state index in [1.807, 2.05) is 24.5 Å². The fourth-order valence-electron chi connectivity index (χ4n) is 5.38. The van der Waals surface area contributed by atoms with Gasteiger partial charge in [0.15, 0.2) is 0 Å². The second kappa shape index (κ2) is 10.9. The number of nitrogens with one attached hydrogen (secondary N) is 3. The molecule has 1 aliphatic carbocycles. The van der Waals surface area contributed by atoms with Crippen LogP contribution in [-0.2, 0) is 0 Å². The van der Waals surface area contributed by atoms with Gasteiger partial charge in [-0.2, -0.15) is 5.10 Å². The topological polar surface area (TPSA) is 82.3 Å². The molecule has 0 atom stereocenters. The van der Waals surface area contributed by atoms with Crippen LogP contribution < -0.4 is 5.32 Å². The van der Waals surface area contributed by atoms with Crippen molar-refractivity contribution in [2.75, 3.05) is 13.1 Å². The third-order valence-corrected chi connectivity index (χ3v) is 8.34. The number of hydrogen-bond donors (Lipinski definition) is 3. The Hall–Kier alpha value is -3.81. The highest BCUT2D eigenvalue weighted by Gasteiger charge is 2.17. The van der Waals surface area contributed by atoms with Gasteiger partial charge in [0.1, 0.15) is 11.2 Å². The third kappa shape index (κ3) is 4.87. The van der Waals surface area contributed by atoms with E-state index in [1.165, 1.54) is 30.6 Å². The first-order valence-corrected chi connectivity index (χ1v) is 14.2. The maximum Gasteiger partial charge on any atom is 0.135 e. The first-order valence-electron chi connectivity index (χ1n) is 13.3. The molecule has 6 nitrogen and oxygen atoms in total. The number of fused-ring (bicyclic) bond motifs is 2. The highest BCUT2D eigenvalue weighted by Crippen LogP contribution is 2.35. The van der Waals surface area contributed by atoms with Gasteiger partial charge < -0.3 is 10.3 Å². The summed E-state index contributed by atoms with van der Waals surface area (Å²) in [6, 6.07) is 10.4. The molecule has 0 amide bonds. The fraction of sp³-hybridized carbons (Fsp3) is 0.258. The second-order valence-corrected chi connectivity index (χ2v) is 10.9. The lowest BCUT2D eigenvalue weighted by molar-refractivity contribution is 0.503. The molecular formula is C31H32N6S. The number of allylic oxidation sites excluding steroid dienone is 3. The van der Waals surface area contributed by atoms with E-state index in [4.69, 9.17) is 4.98 Å². The molecule has 6 rings (SSSR count). The Kier molecular flexibility index (Phi) is 7.03. The van der Waals surface area contributed by atoms with Gasteiger partial charge in [0.2, 0.25) is 0 Å². The Balaban J connectivity index is 1.30. The number of rotatable bonds is 9. The second-order valence-electron chi connectivity index (χ2n) is 9.92. The van der Waals surface area contributed by atoms with Crippen LogP contribution >= 0.6 is 11.3 Å². The van der Waals surface area contributed by atoms with E-state index in [0.29, 0.717) is 0 Å². The minimum absolute atomic E-state index is 0.803. The van der Waals surface area contributed by atoms with Gasteiger partial charge in [-0.25, -0.2) is 4.98 Å². The Morgan fingerprint density at radius 2 is 2.08 bits per heavy atom. The van der Waals surface area contributed by atoms with Crippen LogP contribution in [0.25, 0.3) is 49.3 Å². The number of hydrogen-bond acceptors (Lipinski definition) is 5. The zero-order valence-electron chi connectivity index (χ0n) is 21.6. The Bertz CT molecular complexity index is 1630. The van der Waals surface area contributed by atoms with Crippen molar-refractivity contribution in [1.82, 2.24) is 30.5 Å². The minimum Gasteiger partial charge on any atom is -0.352 e. The van der Waals surface area contributed by atoms with E-state index in [-0.39, 0.29) is 0 Å². The van der Waals surface area contributed by atoms with Gasteiger partial charge in [0, 0.05) is 28.6 Å². The smallest absolute Gasteiger partial charge is 0.135 e. The maximum atomic E-state index is 5.06. The van der Waals surface area contributed by atoms with E-state index in [0.717, 1.165) is 74.7 Å². The van der Waals surface area contributed by atoms with E-state index in [9.17, 15) is 0 Å². The molecule has 5 aromatic heterocycles. The molecule has 0 bridgehead atoms. The van der Waals surface area contributed by atoms with Crippen LogP contribution in [0.3, 0.4) is 0 Å². The minimum atomic E-state index is 0.803. The molecule has 0 saturated heterocycles. The van der Waals surface area contributed by atoms with Crippen LogP contribution in [0.5, 0.6) is 0 Å². The van der Waals surface area contributed by atoms with Crippen LogP contribution in [0, 0.1) is 5.92 Å². The van der Waals surface area contributed by atoms with Crippen molar-refractivity contribution in [2.45, 2.75) is 32.6 Å². The predicted octanol–water partition coefficient (Wildman–Crippen LogP) is 7.53. The van der Waals surface area contributed by atoms with Crippen molar-refractivity contribution >= 4 is 38.8 Å². The Labute approximate surface area is 226 Å². The van der Waals surface area contributed by atoms with Crippen molar-refractivity contribution in [2.24, 2.45) is 5.92 Å². The van der Waals surface area contributed by atoms with E-state index < -0.39 is 0 Å². The number of nitrogens with zero attached hydrogens (tertiary/aromatic N) is 3. The van der Waals surface area contributed by atoms with Gasteiger partial charge in [-0.3, -0.25) is 10.1 Å². The Morgan fingerprint density at radius 3 is 2.87 bits per heavy atom. The predicted molar refractivity (Wildman–Crippen MR) is 159 cm³/mol. The lowest BCUT2D eigenvalue weighted by atomic mass is 10.1. The van der Waals surface area contributed by atoms with E-state index >= 15 is 0 Å². The molecule has 1 saturated carbocycles. The zero-order valence-corrected chi connectivity index (χ0v) is 22.4. The maximum absolute atomic E-state index is 5.06. The van der Waals surface area contributed by atoms with Crippen LogP contribution in [0.4, 0.5) is 0 Å². The van der Waals surface area contributed by atoms with Gasteiger partial charge in [0.05, 0.1) is 28.6 Å². The van der Waals surface area contributed by atoms with Crippen molar-refractivity contribution < 1.29 is 0 Å². The van der Waals surface area contributed by atoms with Crippen LogP contribution in [0.1, 0.15) is 38.3 Å². The number of pyridine rings is 2. The largest absolute Gasteiger partial charge is 0.352 e. The summed E-state index contributed by atoms with van der Waals surface area (Å²) in [5, 5.41) is 14.6. The number of thiophene rings is 1. The first kappa shape index (κ1) is 24.5. The molecular weight excluding hydrogens is 488 g/mol. The molecule has 0 unspecified atom stereocenters. The van der Waals surface area contributed by atoms with Crippen LogP contribution in [-0.4, -0.2) is 38.2 Å². The number of H-pyrrole nitrogens is 2. The average molecular weight is 521 g/mol. The molecule has 5 aromatic rings. The highest BCUT2D eigenvalue weighted by molar-refractivity contribution is 7.13. The highest BCUT2D eigenvalue weighted by atomic mass is 32.1. The quantitative estimate of drug-likeness (QED) is 0.176. The molecule has 0 spiro atoms. The molecule has 0 aromatic carbocycles.